The maximum atomic E-state index is 12.3. The van der Waals surface area contributed by atoms with Crippen molar-refractivity contribution < 1.29 is 14.3 Å². The van der Waals surface area contributed by atoms with E-state index in [0.29, 0.717) is 0 Å². The first-order chi connectivity index (χ1) is 10.5. The van der Waals surface area contributed by atoms with E-state index in [4.69, 9.17) is 10.5 Å². The SMILES string of the molecule is CC(C)OC(=O)c1nnn(CC(=O)N2CCCCCC2)c1N. The number of hydrogen-bond donors (Lipinski definition) is 1. The quantitative estimate of drug-likeness (QED) is 0.826. The zero-order valence-electron chi connectivity index (χ0n) is 13.1. The lowest BCUT2D eigenvalue weighted by Crippen LogP contribution is -2.35. The molecule has 2 rings (SSSR count). The predicted octanol–water partition coefficient (Wildman–Crippen LogP) is 0.828. The third-order valence-corrected chi connectivity index (χ3v) is 3.55. The summed E-state index contributed by atoms with van der Waals surface area (Å²) in [4.78, 5) is 25.9. The molecule has 1 aliphatic rings. The first-order valence-corrected chi connectivity index (χ1v) is 7.66. The molecule has 1 amide bonds. The molecule has 2 heterocycles. The van der Waals surface area contributed by atoms with E-state index in [1.54, 1.807) is 13.8 Å². The number of anilines is 1. The molecule has 0 atom stereocenters. The van der Waals surface area contributed by atoms with Crippen LogP contribution in [-0.4, -0.2) is 51.0 Å². The smallest absolute Gasteiger partial charge is 0.363 e. The molecule has 1 aliphatic heterocycles. The summed E-state index contributed by atoms with van der Waals surface area (Å²) in [7, 11) is 0. The number of carbonyl (C=O) groups is 2. The highest BCUT2D eigenvalue weighted by atomic mass is 16.5. The molecule has 8 heteroatoms. The lowest BCUT2D eigenvalue weighted by Gasteiger charge is -2.20. The van der Waals surface area contributed by atoms with E-state index in [1.165, 1.54) is 4.68 Å². The number of ether oxygens (including phenoxy) is 1. The van der Waals surface area contributed by atoms with Gasteiger partial charge in [-0.05, 0) is 26.7 Å². The van der Waals surface area contributed by atoms with Crippen molar-refractivity contribution in [3.8, 4) is 0 Å². The number of esters is 1. The fraction of sp³-hybridized carbons (Fsp3) is 0.714. The normalized spacial score (nSPS) is 15.7. The summed E-state index contributed by atoms with van der Waals surface area (Å²) in [6.07, 6.45) is 4.08. The van der Waals surface area contributed by atoms with Crippen LogP contribution in [0.5, 0.6) is 0 Å². The Morgan fingerprint density at radius 3 is 2.45 bits per heavy atom. The van der Waals surface area contributed by atoms with Gasteiger partial charge < -0.3 is 15.4 Å². The molecule has 8 nitrogen and oxygen atoms in total. The van der Waals surface area contributed by atoms with Crippen LogP contribution in [0.2, 0.25) is 0 Å². The minimum absolute atomic E-state index is 0.00616. The van der Waals surface area contributed by atoms with E-state index >= 15 is 0 Å². The fourth-order valence-corrected chi connectivity index (χ4v) is 2.40. The molecule has 0 saturated carbocycles. The van der Waals surface area contributed by atoms with Gasteiger partial charge in [0, 0.05) is 13.1 Å². The zero-order valence-corrected chi connectivity index (χ0v) is 13.1. The van der Waals surface area contributed by atoms with Gasteiger partial charge in [-0.1, -0.05) is 18.1 Å². The van der Waals surface area contributed by atoms with Gasteiger partial charge in [-0.15, -0.1) is 5.10 Å². The van der Waals surface area contributed by atoms with Crippen molar-refractivity contribution in [3.63, 3.8) is 0 Å². The number of rotatable bonds is 4. The van der Waals surface area contributed by atoms with Crippen LogP contribution in [0.3, 0.4) is 0 Å². The van der Waals surface area contributed by atoms with Crippen molar-refractivity contribution in [1.29, 1.82) is 0 Å². The van der Waals surface area contributed by atoms with Crippen molar-refractivity contribution in [3.05, 3.63) is 5.69 Å². The highest BCUT2D eigenvalue weighted by molar-refractivity contribution is 5.92. The molecule has 2 N–H and O–H groups in total. The van der Waals surface area contributed by atoms with Crippen LogP contribution in [0.15, 0.2) is 0 Å². The lowest BCUT2D eigenvalue weighted by molar-refractivity contribution is -0.132. The van der Waals surface area contributed by atoms with Gasteiger partial charge in [0.2, 0.25) is 11.6 Å². The third-order valence-electron chi connectivity index (χ3n) is 3.55. The van der Waals surface area contributed by atoms with Crippen LogP contribution in [0.1, 0.15) is 50.0 Å². The Labute approximate surface area is 129 Å². The highest BCUT2D eigenvalue weighted by Gasteiger charge is 2.23. The first-order valence-electron chi connectivity index (χ1n) is 7.66. The van der Waals surface area contributed by atoms with Crippen molar-refractivity contribution in [2.45, 2.75) is 52.2 Å². The van der Waals surface area contributed by atoms with Crippen molar-refractivity contribution in [1.82, 2.24) is 19.9 Å². The molecular weight excluding hydrogens is 286 g/mol. The third kappa shape index (κ3) is 3.96. The standard InChI is InChI=1S/C14H23N5O3/c1-10(2)22-14(21)12-13(15)19(17-16-12)9-11(20)18-7-5-3-4-6-8-18/h10H,3-9,15H2,1-2H3. The van der Waals surface area contributed by atoms with Gasteiger partial charge in [-0.3, -0.25) is 4.79 Å². The van der Waals surface area contributed by atoms with Crippen LogP contribution in [-0.2, 0) is 16.1 Å². The second-order valence-corrected chi connectivity index (χ2v) is 5.73. The molecular formula is C14H23N5O3. The summed E-state index contributed by atoms with van der Waals surface area (Å²) in [6, 6.07) is 0. The van der Waals surface area contributed by atoms with E-state index < -0.39 is 5.97 Å². The van der Waals surface area contributed by atoms with Gasteiger partial charge in [0.15, 0.2) is 5.82 Å². The molecule has 0 radical (unpaired) electrons. The molecule has 1 fully saturated rings. The largest absolute Gasteiger partial charge is 0.458 e. The fourth-order valence-electron chi connectivity index (χ4n) is 2.40. The summed E-state index contributed by atoms with van der Waals surface area (Å²) in [6.45, 7) is 4.99. The second-order valence-electron chi connectivity index (χ2n) is 5.73. The maximum absolute atomic E-state index is 12.3. The summed E-state index contributed by atoms with van der Waals surface area (Å²) < 4.78 is 6.29. The molecule has 1 saturated heterocycles. The van der Waals surface area contributed by atoms with Crippen LogP contribution >= 0.6 is 0 Å². The first kappa shape index (κ1) is 16.3. The minimum Gasteiger partial charge on any atom is -0.458 e. The number of likely N-dealkylation sites (tertiary alicyclic amines) is 1. The molecule has 122 valence electrons. The number of nitrogens with two attached hydrogens (primary N) is 1. The molecule has 0 unspecified atom stereocenters. The highest BCUT2D eigenvalue weighted by Crippen LogP contribution is 2.13. The van der Waals surface area contributed by atoms with E-state index in [2.05, 4.69) is 10.3 Å². The number of amides is 1. The molecule has 1 aromatic rings. The van der Waals surface area contributed by atoms with E-state index in [-0.39, 0.29) is 30.1 Å². The maximum Gasteiger partial charge on any atom is 0.363 e. The number of aromatic nitrogens is 3. The summed E-state index contributed by atoms with van der Waals surface area (Å²) in [5.41, 5.74) is 5.81. The average molecular weight is 309 g/mol. The van der Waals surface area contributed by atoms with Crippen LogP contribution in [0, 0.1) is 0 Å². The van der Waals surface area contributed by atoms with Gasteiger partial charge in [0.25, 0.3) is 0 Å². The lowest BCUT2D eigenvalue weighted by atomic mass is 10.2. The molecule has 0 spiro atoms. The van der Waals surface area contributed by atoms with E-state index in [9.17, 15) is 9.59 Å². The van der Waals surface area contributed by atoms with Crippen LogP contribution in [0.4, 0.5) is 5.82 Å². The Kier molecular flexibility index (Phi) is 5.35. The summed E-state index contributed by atoms with van der Waals surface area (Å²) in [5.74, 6) is -0.614. The summed E-state index contributed by atoms with van der Waals surface area (Å²) >= 11 is 0. The van der Waals surface area contributed by atoms with Crippen LogP contribution in [0.25, 0.3) is 0 Å². The molecule has 0 aromatic carbocycles. The predicted molar refractivity (Wildman–Crippen MR) is 80.0 cm³/mol. The Hall–Kier alpha value is -2.12. The average Bonchev–Trinajstić information content (AvgIpc) is 2.67. The number of nitrogens with zero attached hydrogens (tertiary/aromatic N) is 4. The minimum atomic E-state index is -0.624. The molecule has 22 heavy (non-hydrogen) atoms. The van der Waals surface area contributed by atoms with Gasteiger partial charge in [0.1, 0.15) is 6.54 Å². The van der Waals surface area contributed by atoms with Gasteiger partial charge >= 0.3 is 5.97 Å². The Balaban J connectivity index is 2.02. The second kappa shape index (κ2) is 7.24. The van der Waals surface area contributed by atoms with Crippen molar-refractivity contribution in [2.75, 3.05) is 18.8 Å². The Morgan fingerprint density at radius 1 is 1.23 bits per heavy atom. The topological polar surface area (TPSA) is 103 Å². The molecule has 1 aromatic heterocycles. The van der Waals surface area contributed by atoms with E-state index in [1.807, 2.05) is 4.90 Å². The Bertz CT molecular complexity index is 533. The van der Waals surface area contributed by atoms with Crippen molar-refractivity contribution >= 4 is 17.7 Å². The van der Waals surface area contributed by atoms with Crippen LogP contribution < -0.4 is 5.73 Å². The number of carbonyl (C=O) groups excluding carboxylic acids is 2. The van der Waals surface area contributed by atoms with Gasteiger partial charge in [-0.2, -0.15) is 0 Å². The summed E-state index contributed by atoms with van der Waals surface area (Å²) in [5, 5.41) is 7.52. The number of nitrogen functional groups attached to an aromatic ring is 1. The molecule has 0 aliphatic carbocycles. The van der Waals surface area contributed by atoms with E-state index in [0.717, 1.165) is 38.8 Å². The van der Waals surface area contributed by atoms with Crippen molar-refractivity contribution in [2.24, 2.45) is 0 Å². The van der Waals surface area contributed by atoms with Gasteiger partial charge in [-0.25, -0.2) is 9.48 Å². The number of hydrogen-bond acceptors (Lipinski definition) is 6. The monoisotopic (exact) mass is 309 g/mol. The van der Waals surface area contributed by atoms with Gasteiger partial charge in [0.05, 0.1) is 6.10 Å². The zero-order chi connectivity index (χ0) is 16.1. The Morgan fingerprint density at radius 2 is 1.86 bits per heavy atom. The molecule has 0 bridgehead atoms.